The molecular weight excluding hydrogens is 316 g/mol. The summed E-state index contributed by atoms with van der Waals surface area (Å²) < 4.78 is 5.56. The average molecular weight is 338 g/mol. The molecule has 1 heterocycles. The van der Waals surface area contributed by atoms with Crippen molar-refractivity contribution < 1.29 is 14.3 Å². The summed E-state index contributed by atoms with van der Waals surface area (Å²) in [5, 5.41) is 2.80. The van der Waals surface area contributed by atoms with Crippen molar-refractivity contribution in [1.82, 2.24) is 0 Å². The van der Waals surface area contributed by atoms with E-state index in [-0.39, 0.29) is 18.4 Å². The Hall–Kier alpha value is -2.82. The van der Waals surface area contributed by atoms with Crippen molar-refractivity contribution in [2.45, 2.75) is 26.7 Å². The highest BCUT2D eigenvalue weighted by Gasteiger charge is 2.21. The molecule has 0 spiro atoms. The molecule has 1 aliphatic heterocycles. The first-order chi connectivity index (χ1) is 12.0. The maximum Gasteiger partial charge on any atom is 0.262 e. The predicted molar refractivity (Wildman–Crippen MR) is 98.1 cm³/mol. The summed E-state index contributed by atoms with van der Waals surface area (Å²) in [4.78, 5) is 25.6. The van der Waals surface area contributed by atoms with Crippen LogP contribution in [-0.4, -0.2) is 25.0 Å². The highest BCUT2D eigenvalue weighted by atomic mass is 16.5. The van der Waals surface area contributed by atoms with Crippen molar-refractivity contribution in [2.75, 3.05) is 23.4 Å². The molecule has 25 heavy (non-hydrogen) atoms. The smallest absolute Gasteiger partial charge is 0.262 e. The van der Waals surface area contributed by atoms with Crippen LogP contribution in [0.5, 0.6) is 5.75 Å². The van der Waals surface area contributed by atoms with Gasteiger partial charge in [-0.1, -0.05) is 6.07 Å². The van der Waals surface area contributed by atoms with Gasteiger partial charge in [-0.25, -0.2) is 0 Å². The number of aryl methyl sites for hydroxylation is 2. The summed E-state index contributed by atoms with van der Waals surface area (Å²) in [5.74, 6) is 0.623. The number of benzene rings is 2. The van der Waals surface area contributed by atoms with Crippen LogP contribution in [0, 0.1) is 13.8 Å². The molecule has 0 bridgehead atoms. The predicted octanol–water partition coefficient (Wildman–Crippen LogP) is 3.45. The fraction of sp³-hybridized carbons (Fsp3) is 0.300. The Morgan fingerprint density at radius 2 is 1.80 bits per heavy atom. The van der Waals surface area contributed by atoms with Gasteiger partial charge >= 0.3 is 0 Å². The number of hydrogen-bond donors (Lipinski definition) is 1. The number of amides is 2. The van der Waals surface area contributed by atoms with E-state index in [1.807, 2.05) is 38.1 Å². The molecule has 5 nitrogen and oxygen atoms in total. The lowest BCUT2D eigenvalue weighted by molar-refractivity contribution is -0.118. The molecule has 130 valence electrons. The lowest BCUT2D eigenvalue weighted by Crippen LogP contribution is -2.23. The fourth-order valence-corrected chi connectivity index (χ4v) is 3.01. The van der Waals surface area contributed by atoms with Crippen LogP contribution in [0.2, 0.25) is 0 Å². The number of rotatable bonds is 5. The summed E-state index contributed by atoms with van der Waals surface area (Å²) >= 11 is 0. The standard InChI is InChI=1S/C20H22N2O3/c1-14-10-15(2)12-18(11-14)25-13-19(23)21-16-5-7-17(8-6-16)22-9-3-4-20(22)24/h5-8,10-12H,3-4,9,13H2,1-2H3,(H,21,23). The Morgan fingerprint density at radius 1 is 1.12 bits per heavy atom. The van der Waals surface area contributed by atoms with Crippen LogP contribution in [0.1, 0.15) is 24.0 Å². The molecular formula is C20H22N2O3. The van der Waals surface area contributed by atoms with Crippen LogP contribution in [0.25, 0.3) is 0 Å². The van der Waals surface area contributed by atoms with Gasteiger partial charge in [0.2, 0.25) is 5.91 Å². The first kappa shape index (κ1) is 17.0. The third-order valence-electron chi connectivity index (χ3n) is 4.10. The fourth-order valence-electron chi connectivity index (χ4n) is 3.01. The Bertz CT molecular complexity index is 764. The van der Waals surface area contributed by atoms with Crippen molar-refractivity contribution in [3.05, 3.63) is 53.6 Å². The average Bonchev–Trinajstić information content (AvgIpc) is 2.99. The van der Waals surface area contributed by atoms with E-state index in [0.29, 0.717) is 17.9 Å². The quantitative estimate of drug-likeness (QED) is 0.908. The molecule has 0 aromatic heterocycles. The van der Waals surface area contributed by atoms with E-state index in [9.17, 15) is 9.59 Å². The number of carbonyl (C=O) groups excluding carboxylic acids is 2. The maximum atomic E-state index is 12.0. The molecule has 1 fully saturated rings. The Kier molecular flexibility index (Phi) is 5.03. The van der Waals surface area contributed by atoms with E-state index in [1.165, 1.54) is 0 Å². The molecule has 2 aromatic carbocycles. The lowest BCUT2D eigenvalue weighted by atomic mass is 10.1. The molecule has 0 unspecified atom stereocenters. The second-order valence-electron chi connectivity index (χ2n) is 6.36. The van der Waals surface area contributed by atoms with Gasteiger partial charge < -0.3 is 15.0 Å². The zero-order chi connectivity index (χ0) is 17.8. The molecule has 1 N–H and O–H groups in total. The molecule has 0 aliphatic carbocycles. The van der Waals surface area contributed by atoms with E-state index in [2.05, 4.69) is 11.4 Å². The summed E-state index contributed by atoms with van der Waals surface area (Å²) in [6.07, 6.45) is 1.50. The minimum Gasteiger partial charge on any atom is -0.484 e. The molecule has 5 heteroatoms. The van der Waals surface area contributed by atoms with E-state index in [4.69, 9.17) is 4.74 Å². The van der Waals surface area contributed by atoms with Crippen molar-refractivity contribution in [3.8, 4) is 5.75 Å². The Balaban J connectivity index is 1.55. The molecule has 3 rings (SSSR count). The van der Waals surface area contributed by atoms with Gasteiger partial charge in [0.15, 0.2) is 6.61 Å². The molecule has 0 atom stereocenters. The van der Waals surface area contributed by atoms with Crippen molar-refractivity contribution >= 4 is 23.2 Å². The first-order valence-corrected chi connectivity index (χ1v) is 8.43. The van der Waals surface area contributed by atoms with Crippen LogP contribution < -0.4 is 15.0 Å². The van der Waals surface area contributed by atoms with Crippen LogP contribution in [0.3, 0.4) is 0 Å². The summed E-state index contributed by atoms with van der Waals surface area (Å²) in [7, 11) is 0. The maximum absolute atomic E-state index is 12.0. The van der Waals surface area contributed by atoms with E-state index >= 15 is 0 Å². The normalized spacial score (nSPS) is 13.8. The molecule has 1 saturated heterocycles. The van der Waals surface area contributed by atoms with Crippen molar-refractivity contribution in [2.24, 2.45) is 0 Å². The van der Waals surface area contributed by atoms with Gasteiger partial charge in [-0.15, -0.1) is 0 Å². The lowest BCUT2D eigenvalue weighted by Gasteiger charge is -2.16. The number of nitrogens with zero attached hydrogens (tertiary/aromatic N) is 1. The molecule has 0 saturated carbocycles. The van der Waals surface area contributed by atoms with Gasteiger partial charge in [-0.2, -0.15) is 0 Å². The minimum absolute atomic E-state index is 0.0464. The zero-order valence-corrected chi connectivity index (χ0v) is 14.5. The van der Waals surface area contributed by atoms with Crippen molar-refractivity contribution in [3.63, 3.8) is 0 Å². The number of carbonyl (C=O) groups is 2. The SMILES string of the molecule is Cc1cc(C)cc(OCC(=O)Nc2ccc(N3CCCC3=O)cc2)c1. The van der Waals surface area contributed by atoms with E-state index < -0.39 is 0 Å². The zero-order valence-electron chi connectivity index (χ0n) is 14.5. The topological polar surface area (TPSA) is 58.6 Å². The van der Waals surface area contributed by atoms with Crippen LogP contribution in [0.15, 0.2) is 42.5 Å². The second kappa shape index (κ2) is 7.38. The number of ether oxygens (including phenoxy) is 1. The monoisotopic (exact) mass is 338 g/mol. The minimum atomic E-state index is -0.218. The van der Waals surface area contributed by atoms with Crippen molar-refractivity contribution in [1.29, 1.82) is 0 Å². The van der Waals surface area contributed by atoms with Gasteiger partial charge in [-0.3, -0.25) is 9.59 Å². The van der Waals surface area contributed by atoms with Gasteiger partial charge in [-0.05, 0) is 67.8 Å². The van der Waals surface area contributed by atoms with Gasteiger partial charge in [0.25, 0.3) is 5.91 Å². The van der Waals surface area contributed by atoms with Gasteiger partial charge in [0.1, 0.15) is 5.75 Å². The van der Waals surface area contributed by atoms with Crippen LogP contribution in [0.4, 0.5) is 11.4 Å². The first-order valence-electron chi connectivity index (χ1n) is 8.43. The molecule has 2 aromatic rings. The number of anilines is 2. The van der Waals surface area contributed by atoms with Crippen LogP contribution >= 0.6 is 0 Å². The van der Waals surface area contributed by atoms with Gasteiger partial charge in [0, 0.05) is 24.3 Å². The second-order valence-corrected chi connectivity index (χ2v) is 6.36. The third-order valence-corrected chi connectivity index (χ3v) is 4.10. The number of hydrogen-bond acceptors (Lipinski definition) is 3. The highest BCUT2D eigenvalue weighted by Crippen LogP contribution is 2.23. The summed E-state index contributed by atoms with van der Waals surface area (Å²) in [5.41, 5.74) is 3.75. The largest absolute Gasteiger partial charge is 0.484 e. The number of nitrogens with one attached hydrogen (secondary N) is 1. The third kappa shape index (κ3) is 4.38. The molecule has 1 aliphatic rings. The van der Waals surface area contributed by atoms with Crippen LogP contribution in [-0.2, 0) is 9.59 Å². The molecule has 2 amide bonds. The summed E-state index contributed by atoms with van der Waals surface area (Å²) in [6.45, 7) is 4.70. The Morgan fingerprint density at radius 3 is 2.40 bits per heavy atom. The summed E-state index contributed by atoms with van der Waals surface area (Å²) in [6, 6.07) is 13.2. The highest BCUT2D eigenvalue weighted by molar-refractivity contribution is 5.96. The Labute approximate surface area is 147 Å². The van der Waals surface area contributed by atoms with E-state index in [1.54, 1.807) is 17.0 Å². The molecule has 0 radical (unpaired) electrons. The van der Waals surface area contributed by atoms with Gasteiger partial charge in [0.05, 0.1) is 0 Å². The van der Waals surface area contributed by atoms with E-state index in [0.717, 1.165) is 29.8 Å².